The standard InChI is InChI=1S/C35H33N5O5/c1-24(2)38-29-19-11-12-20-30(29)40(28-18-10-9-17-27(28)32(38)41)35(45)37-22-21-36(23-31(37)33(42)43)34(44)39(25-13-5-3-6-14-25)26-15-7-4-8-16-26/h3-20,24,31H,21-23H2,1-2H3,(H,42,43)/t31-/m0/s1. The Morgan fingerprint density at radius 1 is 0.733 bits per heavy atom. The number of hydrogen-bond donors (Lipinski definition) is 1. The monoisotopic (exact) mass is 603 g/mol. The summed E-state index contributed by atoms with van der Waals surface area (Å²) >= 11 is 0. The molecular formula is C35H33N5O5. The summed E-state index contributed by atoms with van der Waals surface area (Å²) in [5, 5.41) is 10.4. The molecule has 2 heterocycles. The van der Waals surface area contributed by atoms with E-state index >= 15 is 0 Å². The second kappa shape index (κ2) is 12.2. The van der Waals surface area contributed by atoms with Gasteiger partial charge in [-0.1, -0.05) is 60.7 Å². The van der Waals surface area contributed by atoms with Crippen molar-refractivity contribution in [2.75, 3.05) is 34.3 Å². The molecule has 10 heteroatoms. The first kappa shape index (κ1) is 29.4. The molecule has 0 saturated carbocycles. The van der Waals surface area contributed by atoms with E-state index in [0.717, 1.165) is 0 Å². The topological polar surface area (TPSA) is 105 Å². The van der Waals surface area contributed by atoms with Gasteiger partial charge in [-0.25, -0.2) is 14.4 Å². The molecule has 0 unspecified atom stereocenters. The zero-order chi connectivity index (χ0) is 31.7. The number of anilines is 5. The number of carbonyl (C=O) groups is 4. The molecule has 0 aliphatic carbocycles. The number of amides is 5. The minimum absolute atomic E-state index is 0.0262. The molecule has 5 amide bonds. The van der Waals surface area contributed by atoms with Gasteiger partial charge in [-0.05, 0) is 62.4 Å². The van der Waals surface area contributed by atoms with Crippen molar-refractivity contribution in [2.45, 2.75) is 25.9 Å². The summed E-state index contributed by atoms with van der Waals surface area (Å²) < 4.78 is 0. The van der Waals surface area contributed by atoms with E-state index in [1.807, 2.05) is 74.5 Å². The molecule has 4 aromatic carbocycles. The third-order valence-corrected chi connectivity index (χ3v) is 8.09. The van der Waals surface area contributed by atoms with Crippen LogP contribution in [0.5, 0.6) is 0 Å². The first-order chi connectivity index (χ1) is 21.8. The van der Waals surface area contributed by atoms with Crippen molar-refractivity contribution in [3.8, 4) is 0 Å². The molecular weight excluding hydrogens is 570 g/mol. The van der Waals surface area contributed by atoms with Crippen LogP contribution in [0.2, 0.25) is 0 Å². The van der Waals surface area contributed by atoms with Gasteiger partial charge >= 0.3 is 18.0 Å². The molecule has 10 nitrogen and oxygen atoms in total. The number of benzene rings is 4. The Bertz CT molecular complexity index is 1710. The van der Waals surface area contributed by atoms with E-state index in [4.69, 9.17) is 0 Å². The number of hydrogen-bond acceptors (Lipinski definition) is 4. The molecule has 1 N–H and O–H groups in total. The first-order valence-corrected chi connectivity index (χ1v) is 14.8. The SMILES string of the molecule is CC(C)N1C(=O)c2ccccc2N(C(=O)N2CCN(C(=O)N(c3ccccc3)c3ccccc3)C[C@H]2C(=O)O)c2ccccc21. The predicted molar refractivity (Wildman–Crippen MR) is 172 cm³/mol. The lowest BCUT2D eigenvalue weighted by Gasteiger charge is -2.42. The fourth-order valence-corrected chi connectivity index (χ4v) is 5.99. The van der Waals surface area contributed by atoms with Crippen molar-refractivity contribution in [3.63, 3.8) is 0 Å². The van der Waals surface area contributed by atoms with Crippen LogP contribution in [0.1, 0.15) is 24.2 Å². The quantitative estimate of drug-likeness (QED) is 0.293. The molecule has 4 aromatic rings. The minimum atomic E-state index is -1.33. The molecule has 1 saturated heterocycles. The second-order valence-electron chi connectivity index (χ2n) is 11.2. The average Bonchev–Trinajstić information content (AvgIpc) is 3.17. The molecule has 0 aromatic heterocycles. The fraction of sp³-hybridized carbons (Fsp3) is 0.200. The summed E-state index contributed by atoms with van der Waals surface area (Å²) in [4.78, 5) is 62.5. The Balaban J connectivity index is 1.36. The molecule has 2 aliphatic heterocycles. The van der Waals surface area contributed by atoms with Crippen LogP contribution in [0.3, 0.4) is 0 Å². The highest BCUT2D eigenvalue weighted by molar-refractivity contribution is 6.19. The summed E-state index contributed by atoms with van der Waals surface area (Å²) in [6.45, 7) is 3.67. The lowest BCUT2D eigenvalue weighted by Crippen LogP contribution is -2.62. The van der Waals surface area contributed by atoms with Crippen molar-refractivity contribution >= 4 is 52.4 Å². The summed E-state index contributed by atoms with van der Waals surface area (Å²) in [6, 6.07) is 29.7. The third-order valence-electron chi connectivity index (χ3n) is 8.09. The fourth-order valence-electron chi connectivity index (χ4n) is 5.99. The molecule has 0 spiro atoms. The highest BCUT2D eigenvalue weighted by Gasteiger charge is 2.43. The molecule has 45 heavy (non-hydrogen) atoms. The van der Waals surface area contributed by atoms with E-state index in [1.54, 1.807) is 58.3 Å². The third kappa shape index (κ3) is 5.35. The Morgan fingerprint density at radius 3 is 1.84 bits per heavy atom. The van der Waals surface area contributed by atoms with Crippen LogP contribution >= 0.6 is 0 Å². The molecule has 6 rings (SSSR count). The van der Waals surface area contributed by atoms with Crippen molar-refractivity contribution in [1.29, 1.82) is 0 Å². The smallest absolute Gasteiger partial charge is 0.330 e. The van der Waals surface area contributed by atoms with Gasteiger partial charge in [0.15, 0.2) is 0 Å². The van der Waals surface area contributed by atoms with Crippen LogP contribution in [-0.4, -0.2) is 70.6 Å². The maximum atomic E-state index is 14.5. The van der Waals surface area contributed by atoms with Crippen molar-refractivity contribution in [3.05, 3.63) is 115 Å². The van der Waals surface area contributed by atoms with Gasteiger partial charge in [-0.2, -0.15) is 0 Å². The van der Waals surface area contributed by atoms with Crippen LogP contribution < -0.4 is 14.7 Å². The summed E-state index contributed by atoms with van der Waals surface area (Å²) in [5.41, 5.74) is 2.98. The number of fused-ring (bicyclic) bond motifs is 2. The van der Waals surface area contributed by atoms with Crippen LogP contribution in [0.15, 0.2) is 109 Å². The maximum Gasteiger partial charge on any atom is 0.330 e. The largest absolute Gasteiger partial charge is 0.480 e. The number of nitrogens with zero attached hydrogens (tertiary/aromatic N) is 5. The van der Waals surface area contributed by atoms with Crippen LogP contribution in [0.4, 0.5) is 38.0 Å². The van der Waals surface area contributed by atoms with E-state index in [-0.39, 0.29) is 31.6 Å². The number of carboxylic acid groups (broad SMARTS) is 1. The molecule has 228 valence electrons. The number of carbonyl (C=O) groups excluding carboxylic acids is 3. The van der Waals surface area contributed by atoms with Crippen LogP contribution in [0, 0.1) is 0 Å². The van der Waals surface area contributed by atoms with Gasteiger partial charge in [0.25, 0.3) is 5.91 Å². The van der Waals surface area contributed by atoms with Crippen molar-refractivity contribution in [2.24, 2.45) is 0 Å². The van der Waals surface area contributed by atoms with E-state index in [1.165, 1.54) is 14.7 Å². The van der Waals surface area contributed by atoms with Gasteiger partial charge < -0.3 is 19.8 Å². The summed E-state index contributed by atoms with van der Waals surface area (Å²) in [7, 11) is 0. The van der Waals surface area contributed by atoms with Crippen molar-refractivity contribution in [1.82, 2.24) is 9.80 Å². The molecule has 0 radical (unpaired) electrons. The molecule has 0 bridgehead atoms. The van der Waals surface area contributed by atoms with E-state index < -0.39 is 24.1 Å². The zero-order valence-corrected chi connectivity index (χ0v) is 25.0. The minimum Gasteiger partial charge on any atom is -0.480 e. The van der Waals surface area contributed by atoms with Gasteiger partial charge in [0.2, 0.25) is 0 Å². The van der Waals surface area contributed by atoms with E-state index in [9.17, 15) is 24.3 Å². The van der Waals surface area contributed by atoms with Crippen LogP contribution in [0.25, 0.3) is 0 Å². The second-order valence-corrected chi connectivity index (χ2v) is 11.2. The normalized spacial score (nSPS) is 16.2. The maximum absolute atomic E-state index is 14.5. The Morgan fingerprint density at radius 2 is 1.27 bits per heavy atom. The van der Waals surface area contributed by atoms with Crippen LogP contribution in [-0.2, 0) is 4.79 Å². The van der Waals surface area contributed by atoms with E-state index in [0.29, 0.717) is 34.0 Å². The lowest BCUT2D eigenvalue weighted by molar-refractivity contribution is -0.143. The van der Waals surface area contributed by atoms with Crippen molar-refractivity contribution < 1.29 is 24.3 Å². The highest BCUT2D eigenvalue weighted by atomic mass is 16.4. The van der Waals surface area contributed by atoms with Gasteiger partial charge in [0.1, 0.15) is 6.04 Å². The first-order valence-electron chi connectivity index (χ1n) is 14.8. The Kier molecular flexibility index (Phi) is 7.95. The predicted octanol–water partition coefficient (Wildman–Crippen LogP) is 6.34. The number of urea groups is 2. The highest BCUT2D eigenvalue weighted by Crippen LogP contribution is 2.42. The van der Waals surface area contributed by atoms with Gasteiger partial charge in [-0.15, -0.1) is 0 Å². The molecule has 1 atom stereocenters. The number of rotatable bonds is 4. The Labute approximate surface area is 261 Å². The molecule has 2 aliphatic rings. The van der Waals surface area contributed by atoms with E-state index in [2.05, 4.69) is 0 Å². The number of aliphatic carboxylic acids is 1. The summed E-state index contributed by atoms with van der Waals surface area (Å²) in [6.07, 6.45) is 0. The number of carboxylic acids is 1. The number of para-hydroxylation sites is 5. The average molecular weight is 604 g/mol. The van der Waals surface area contributed by atoms with Gasteiger partial charge in [-0.3, -0.25) is 14.6 Å². The Hall–Kier alpha value is -5.64. The summed E-state index contributed by atoms with van der Waals surface area (Å²) in [5.74, 6) is -1.49. The van der Waals surface area contributed by atoms with Gasteiger partial charge in [0, 0.05) is 19.1 Å². The molecule has 1 fully saturated rings. The lowest BCUT2D eigenvalue weighted by atomic mass is 10.1. The zero-order valence-electron chi connectivity index (χ0n) is 25.0. The number of piperazine rings is 1. The van der Waals surface area contributed by atoms with Gasteiger partial charge in [0.05, 0.1) is 40.5 Å².